The lowest BCUT2D eigenvalue weighted by Gasteiger charge is -2.12. The third-order valence-electron chi connectivity index (χ3n) is 3.02. The quantitative estimate of drug-likeness (QED) is 0.745. The first-order chi connectivity index (χ1) is 11.3. The van der Waals surface area contributed by atoms with Crippen molar-refractivity contribution in [1.29, 1.82) is 0 Å². The van der Waals surface area contributed by atoms with Crippen LogP contribution in [-0.4, -0.2) is 20.9 Å². The molecule has 0 saturated carbocycles. The first-order valence-corrected chi connectivity index (χ1v) is 9.05. The van der Waals surface area contributed by atoms with Crippen LogP contribution in [0.15, 0.2) is 60.0 Å². The number of sulfonamides is 1. The number of hydrogen-bond acceptors (Lipinski definition) is 3. The summed E-state index contributed by atoms with van der Waals surface area (Å²) in [7, 11) is -3.92. The zero-order valence-electron chi connectivity index (χ0n) is 12.4. The van der Waals surface area contributed by atoms with Crippen LogP contribution in [0.2, 0.25) is 10.0 Å². The average Bonchev–Trinajstić information content (AvgIpc) is 2.55. The highest BCUT2D eigenvalue weighted by atomic mass is 35.5. The molecular weight excluding hydrogens is 371 g/mol. The molecule has 1 amide bonds. The Bertz CT molecular complexity index is 883. The van der Waals surface area contributed by atoms with Crippen LogP contribution < -0.4 is 10.0 Å². The van der Waals surface area contributed by atoms with Gasteiger partial charge in [-0.1, -0.05) is 41.4 Å². The number of hydrogen-bond donors (Lipinski definition) is 2. The summed E-state index contributed by atoms with van der Waals surface area (Å²) in [6, 6.07) is 10.2. The minimum atomic E-state index is -3.92. The third kappa shape index (κ3) is 4.29. The zero-order valence-corrected chi connectivity index (χ0v) is 14.8. The molecular formula is C16H14Cl2N2O3S. The van der Waals surface area contributed by atoms with Crippen molar-refractivity contribution in [2.45, 2.75) is 4.90 Å². The summed E-state index contributed by atoms with van der Waals surface area (Å²) >= 11 is 11.7. The van der Waals surface area contributed by atoms with Crippen molar-refractivity contribution in [2.75, 3.05) is 11.3 Å². The lowest BCUT2D eigenvalue weighted by molar-refractivity contribution is 0.0959. The second-order valence-corrected chi connectivity index (χ2v) is 7.22. The molecule has 24 heavy (non-hydrogen) atoms. The normalized spacial score (nSPS) is 10.9. The molecule has 2 N–H and O–H groups in total. The number of amides is 1. The first kappa shape index (κ1) is 18.3. The first-order valence-electron chi connectivity index (χ1n) is 6.81. The zero-order chi connectivity index (χ0) is 17.7. The molecule has 0 unspecified atom stereocenters. The van der Waals surface area contributed by atoms with Gasteiger partial charge in [0.25, 0.3) is 15.9 Å². The smallest absolute Gasteiger partial charge is 0.261 e. The predicted octanol–water partition coefficient (Wildman–Crippen LogP) is 3.71. The monoisotopic (exact) mass is 384 g/mol. The topological polar surface area (TPSA) is 75.3 Å². The van der Waals surface area contributed by atoms with E-state index in [1.165, 1.54) is 36.4 Å². The fraction of sp³-hybridized carbons (Fsp3) is 0.0625. The highest BCUT2D eigenvalue weighted by molar-refractivity contribution is 7.92. The molecule has 2 rings (SSSR count). The number of rotatable bonds is 6. The molecule has 0 aliphatic heterocycles. The van der Waals surface area contributed by atoms with Crippen molar-refractivity contribution in [3.63, 3.8) is 0 Å². The Kier molecular flexibility index (Phi) is 5.88. The van der Waals surface area contributed by atoms with E-state index in [0.717, 1.165) is 0 Å². The molecule has 2 aromatic carbocycles. The summed E-state index contributed by atoms with van der Waals surface area (Å²) in [4.78, 5) is 12.1. The molecule has 5 nitrogen and oxygen atoms in total. The number of benzene rings is 2. The lowest BCUT2D eigenvalue weighted by Crippen LogP contribution is -2.25. The number of halogens is 2. The number of carbonyl (C=O) groups is 1. The molecule has 0 heterocycles. The van der Waals surface area contributed by atoms with Crippen molar-refractivity contribution < 1.29 is 13.2 Å². The van der Waals surface area contributed by atoms with Crippen LogP contribution in [0.3, 0.4) is 0 Å². The maximum atomic E-state index is 12.5. The van der Waals surface area contributed by atoms with Gasteiger partial charge >= 0.3 is 0 Å². The Balaban J connectivity index is 2.34. The molecule has 8 heteroatoms. The van der Waals surface area contributed by atoms with E-state index in [4.69, 9.17) is 23.2 Å². The minimum Gasteiger partial charge on any atom is -0.349 e. The lowest BCUT2D eigenvalue weighted by atomic mass is 10.1. The second-order valence-electron chi connectivity index (χ2n) is 4.73. The van der Waals surface area contributed by atoms with Crippen molar-refractivity contribution in [3.8, 4) is 0 Å². The van der Waals surface area contributed by atoms with Gasteiger partial charge in [0.2, 0.25) is 0 Å². The fourth-order valence-electron chi connectivity index (χ4n) is 1.88. The summed E-state index contributed by atoms with van der Waals surface area (Å²) in [6.45, 7) is 3.78. The highest BCUT2D eigenvalue weighted by Gasteiger charge is 2.19. The van der Waals surface area contributed by atoms with E-state index >= 15 is 0 Å². The van der Waals surface area contributed by atoms with Crippen LogP contribution in [0, 0.1) is 0 Å². The minimum absolute atomic E-state index is 0.0572. The highest BCUT2D eigenvalue weighted by Crippen LogP contribution is 2.26. The number of para-hydroxylation sites is 1. The average molecular weight is 385 g/mol. The van der Waals surface area contributed by atoms with E-state index in [1.807, 2.05) is 0 Å². The van der Waals surface area contributed by atoms with Gasteiger partial charge in [-0.25, -0.2) is 8.42 Å². The molecule has 0 saturated heterocycles. The van der Waals surface area contributed by atoms with Gasteiger partial charge in [0.15, 0.2) is 0 Å². The summed E-state index contributed by atoms with van der Waals surface area (Å²) in [6.07, 6.45) is 1.53. The standard InChI is InChI=1S/C16H14Cl2N2O3S/c1-2-9-19-16(21)12-5-3-4-6-15(12)20-24(22,23)11-7-8-13(17)14(18)10-11/h2-8,10,20H,1,9H2,(H,19,21). The number of carbonyl (C=O) groups excluding carboxylic acids is 1. The van der Waals surface area contributed by atoms with E-state index in [0.29, 0.717) is 0 Å². The second kappa shape index (κ2) is 7.70. The van der Waals surface area contributed by atoms with Gasteiger partial charge < -0.3 is 5.32 Å². The Hall–Kier alpha value is -2.02. The SMILES string of the molecule is C=CCNC(=O)c1ccccc1NS(=O)(=O)c1ccc(Cl)c(Cl)c1. The van der Waals surface area contributed by atoms with Gasteiger partial charge in [-0.05, 0) is 30.3 Å². The Morgan fingerprint density at radius 2 is 1.83 bits per heavy atom. The van der Waals surface area contributed by atoms with E-state index in [9.17, 15) is 13.2 Å². The Morgan fingerprint density at radius 3 is 2.50 bits per heavy atom. The van der Waals surface area contributed by atoms with Crippen LogP contribution in [-0.2, 0) is 10.0 Å². The van der Waals surface area contributed by atoms with Crippen molar-refractivity contribution in [1.82, 2.24) is 5.32 Å². The van der Waals surface area contributed by atoms with E-state index < -0.39 is 15.9 Å². The van der Waals surface area contributed by atoms with Crippen LogP contribution in [0.5, 0.6) is 0 Å². The van der Waals surface area contributed by atoms with E-state index in [-0.39, 0.29) is 32.7 Å². The molecule has 0 aliphatic rings. The van der Waals surface area contributed by atoms with E-state index in [2.05, 4.69) is 16.6 Å². The molecule has 126 valence electrons. The van der Waals surface area contributed by atoms with Crippen LogP contribution in [0.25, 0.3) is 0 Å². The number of anilines is 1. The summed E-state index contributed by atoms with van der Waals surface area (Å²) in [5.41, 5.74) is 0.355. The Morgan fingerprint density at radius 1 is 1.12 bits per heavy atom. The fourth-order valence-corrected chi connectivity index (χ4v) is 3.35. The molecule has 0 atom stereocenters. The summed E-state index contributed by atoms with van der Waals surface area (Å²) in [5.74, 6) is -0.415. The molecule has 0 aromatic heterocycles. The van der Waals surface area contributed by atoms with Crippen LogP contribution >= 0.6 is 23.2 Å². The third-order valence-corrected chi connectivity index (χ3v) is 5.13. The van der Waals surface area contributed by atoms with Crippen LogP contribution in [0.1, 0.15) is 10.4 Å². The summed E-state index contributed by atoms with van der Waals surface area (Å²) in [5, 5.41) is 2.97. The Labute approximate surface area is 150 Å². The number of nitrogens with one attached hydrogen (secondary N) is 2. The predicted molar refractivity (Wildman–Crippen MR) is 96.2 cm³/mol. The molecule has 0 bridgehead atoms. The van der Waals surface area contributed by atoms with Gasteiger partial charge in [0.05, 0.1) is 26.2 Å². The maximum absolute atomic E-state index is 12.5. The van der Waals surface area contributed by atoms with Crippen molar-refractivity contribution in [2.24, 2.45) is 0 Å². The molecule has 2 aromatic rings. The summed E-state index contributed by atoms with van der Waals surface area (Å²) < 4.78 is 27.4. The van der Waals surface area contributed by atoms with Gasteiger partial charge in [0.1, 0.15) is 0 Å². The molecule has 0 spiro atoms. The van der Waals surface area contributed by atoms with Crippen molar-refractivity contribution in [3.05, 3.63) is 70.7 Å². The van der Waals surface area contributed by atoms with Gasteiger partial charge in [0, 0.05) is 6.54 Å². The van der Waals surface area contributed by atoms with Gasteiger partial charge in [-0.2, -0.15) is 0 Å². The maximum Gasteiger partial charge on any atom is 0.261 e. The van der Waals surface area contributed by atoms with Crippen molar-refractivity contribution >= 4 is 44.8 Å². The van der Waals surface area contributed by atoms with Gasteiger partial charge in [-0.3, -0.25) is 9.52 Å². The van der Waals surface area contributed by atoms with Gasteiger partial charge in [-0.15, -0.1) is 6.58 Å². The molecule has 0 radical (unpaired) electrons. The largest absolute Gasteiger partial charge is 0.349 e. The van der Waals surface area contributed by atoms with E-state index in [1.54, 1.807) is 12.1 Å². The van der Waals surface area contributed by atoms with Crippen LogP contribution in [0.4, 0.5) is 5.69 Å². The molecule has 0 fully saturated rings. The molecule has 0 aliphatic carbocycles.